The molecular formula is C14H15N3O4S. The summed E-state index contributed by atoms with van der Waals surface area (Å²) in [4.78, 5) is 4.34. The van der Waals surface area contributed by atoms with E-state index >= 15 is 0 Å². The van der Waals surface area contributed by atoms with Crippen molar-refractivity contribution in [3.63, 3.8) is 0 Å². The van der Waals surface area contributed by atoms with Crippen molar-refractivity contribution < 1.29 is 17.4 Å². The second-order valence-corrected chi connectivity index (χ2v) is 6.67. The van der Waals surface area contributed by atoms with E-state index in [9.17, 15) is 8.42 Å². The molecule has 0 aliphatic heterocycles. The summed E-state index contributed by atoms with van der Waals surface area (Å²) in [5.74, 6) is 0.548. The zero-order chi connectivity index (χ0) is 15.9. The standard InChI is InChI=1S/C14H15N3O4S/c1-8-13(10(3)21-16-8)22(18,19)17-9(2)14-15-11-6-4-5-7-12(11)20-14/h4-7,9,17H,1-3H3. The Kier molecular flexibility index (Phi) is 3.50. The van der Waals surface area contributed by atoms with Crippen molar-refractivity contribution >= 4 is 21.1 Å². The SMILES string of the molecule is Cc1noc(C)c1S(=O)(=O)NC(C)c1nc2ccccc2o1. The number of aryl methyl sites for hydroxylation is 2. The van der Waals surface area contributed by atoms with Crippen molar-refractivity contribution in [3.05, 3.63) is 41.6 Å². The number of hydrogen-bond acceptors (Lipinski definition) is 6. The van der Waals surface area contributed by atoms with Crippen molar-refractivity contribution in [2.24, 2.45) is 0 Å². The van der Waals surface area contributed by atoms with Gasteiger partial charge in [0.2, 0.25) is 15.9 Å². The Morgan fingerprint density at radius 2 is 1.95 bits per heavy atom. The molecule has 2 heterocycles. The topological polar surface area (TPSA) is 98.2 Å². The van der Waals surface area contributed by atoms with Gasteiger partial charge in [0, 0.05) is 0 Å². The fourth-order valence-corrected chi connectivity index (χ4v) is 3.80. The van der Waals surface area contributed by atoms with Crippen LogP contribution in [0, 0.1) is 13.8 Å². The number of hydrogen-bond donors (Lipinski definition) is 1. The zero-order valence-corrected chi connectivity index (χ0v) is 13.1. The van der Waals surface area contributed by atoms with Crippen LogP contribution in [-0.2, 0) is 10.0 Å². The maximum Gasteiger partial charge on any atom is 0.246 e. The van der Waals surface area contributed by atoms with Crippen LogP contribution in [0.15, 0.2) is 38.1 Å². The first kappa shape index (κ1) is 14.7. The maximum atomic E-state index is 12.5. The lowest BCUT2D eigenvalue weighted by Crippen LogP contribution is -2.27. The quantitative estimate of drug-likeness (QED) is 0.792. The molecule has 1 unspecified atom stereocenters. The lowest BCUT2D eigenvalue weighted by molar-refractivity contribution is 0.390. The Labute approximate surface area is 127 Å². The first-order chi connectivity index (χ1) is 10.4. The van der Waals surface area contributed by atoms with Gasteiger partial charge in [-0.3, -0.25) is 0 Å². The molecule has 3 aromatic rings. The Bertz CT molecular complexity index is 874. The molecule has 0 saturated carbocycles. The molecule has 1 aromatic carbocycles. The van der Waals surface area contributed by atoms with Gasteiger partial charge in [0.1, 0.15) is 16.1 Å². The molecule has 0 amide bonds. The van der Waals surface area contributed by atoms with Gasteiger partial charge in [-0.2, -0.15) is 4.72 Å². The molecule has 2 aromatic heterocycles. The van der Waals surface area contributed by atoms with Gasteiger partial charge in [0.05, 0.1) is 6.04 Å². The van der Waals surface area contributed by atoms with Crippen LogP contribution in [0.4, 0.5) is 0 Å². The fourth-order valence-electron chi connectivity index (χ4n) is 2.28. The van der Waals surface area contributed by atoms with Crippen LogP contribution in [0.1, 0.15) is 30.3 Å². The third kappa shape index (κ3) is 2.51. The number of nitrogens with one attached hydrogen (secondary N) is 1. The van der Waals surface area contributed by atoms with E-state index in [1.165, 1.54) is 0 Å². The minimum absolute atomic E-state index is 0.0514. The summed E-state index contributed by atoms with van der Waals surface area (Å²) in [5.41, 5.74) is 1.61. The molecule has 1 N–H and O–H groups in total. The second kappa shape index (κ2) is 5.22. The number of benzene rings is 1. The first-order valence-corrected chi connectivity index (χ1v) is 8.17. The van der Waals surface area contributed by atoms with E-state index in [1.54, 1.807) is 32.9 Å². The highest BCUT2D eigenvalue weighted by Crippen LogP contribution is 2.24. The smallest absolute Gasteiger partial charge is 0.246 e. The molecular weight excluding hydrogens is 306 g/mol. The van der Waals surface area contributed by atoms with Crippen molar-refractivity contribution in [1.29, 1.82) is 0 Å². The zero-order valence-electron chi connectivity index (χ0n) is 12.3. The summed E-state index contributed by atoms with van der Waals surface area (Å²) in [7, 11) is -3.77. The average Bonchev–Trinajstić information content (AvgIpc) is 3.02. The van der Waals surface area contributed by atoms with Crippen molar-refractivity contribution in [1.82, 2.24) is 14.9 Å². The van der Waals surface area contributed by atoms with Crippen LogP contribution < -0.4 is 4.72 Å². The van der Waals surface area contributed by atoms with Gasteiger partial charge in [-0.05, 0) is 32.9 Å². The molecule has 7 nitrogen and oxygen atoms in total. The minimum atomic E-state index is -3.77. The van der Waals surface area contributed by atoms with E-state index in [4.69, 9.17) is 8.94 Å². The van der Waals surface area contributed by atoms with Crippen LogP contribution in [0.25, 0.3) is 11.1 Å². The van der Waals surface area contributed by atoms with E-state index in [0.717, 1.165) is 0 Å². The molecule has 3 rings (SSSR count). The molecule has 0 bridgehead atoms. The minimum Gasteiger partial charge on any atom is -0.439 e. The number of rotatable bonds is 4. The summed E-state index contributed by atoms with van der Waals surface area (Å²) in [6.07, 6.45) is 0. The average molecular weight is 321 g/mol. The van der Waals surface area contributed by atoms with Crippen LogP contribution in [-0.4, -0.2) is 18.6 Å². The summed E-state index contributed by atoms with van der Waals surface area (Å²) in [6.45, 7) is 4.80. The highest BCUT2D eigenvalue weighted by molar-refractivity contribution is 7.89. The van der Waals surface area contributed by atoms with Gasteiger partial charge < -0.3 is 8.94 Å². The van der Waals surface area contributed by atoms with Gasteiger partial charge in [-0.15, -0.1) is 0 Å². The molecule has 116 valence electrons. The van der Waals surface area contributed by atoms with E-state index in [1.807, 2.05) is 12.1 Å². The molecule has 8 heteroatoms. The summed E-state index contributed by atoms with van der Waals surface area (Å²) in [6, 6.07) is 6.63. The van der Waals surface area contributed by atoms with Crippen molar-refractivity contribution in [2.45, 2.75) is 31.7 Å². The molecule has 0 radical (unpaired) electrons. The van der Waals surface area contributed by atoms with Crippen LogP contribution in [0.5, 0.6) is 0 Å². The van der Waals surface area contributed by atoms with E-state index < -0.39 is 16.1 Å². The third-order valence-electron chi connectivity index (χ3n) is 3.25. The third-order valence-corrected chi connectivity index (χ3v) is 5.03. The molecule has 0 aliphatic rings. The molecule has 0 aliphatic carbocycles. The lowest BCUT2D eigenvalue weighted by atomic mass is 10.3. The largest absolute Gasteiger partial charge is 0.439 e. The van der Waals surface area contributed by atoms with Gasteiger partial charge in [-0.1, -0.05) is 17.3 Å². The van der Waals surface area contributed by atoms with E-state index in [2.05, 4.69) is 14.9 Å². The Morgan fingerprint density at radius 3 is 2.59 bits per heavy atom. The number of sulfonamides is 1. The molecule has 1 atom stereocenters. The van der Waals surface area contributed by atoms with Gasteiger partial charge >= 0.3 is 0 Å². The normalized spacial score (nSPS) is 13.6. The number of fused-ring (bicyclic) bond motifs is 1. The van der Waals surface area contributed by atoms with Crippen molar-refractivity contribution in [3.8, 4) is 0 Å². The second-order valence-electron chi connectivity index (χ2n) is 5.02. The Hall–Kier alpha value is -2.19. The molecule has 0 fully saturated rings. The number of aromatic nitrogens is 2. The number of para-hydroxylation sites is 2. The van der Waals surface area contributed by atoms with Gasteiger partial charge in [0.25, 0.3) is 0 Å². The first-order valence-electron chi connectivity index (χ1n) is 6.69. The molecule has 22 heavy (non-hydrogen) atoms. The predicted molar refractivity (Wildman–Crippen MR) is 78.7 cm³/mol. The van der Waals surface area contributed by atoms with Crippen LogP contribution in [0.2, 0.25) is 0 Å². The highest BCUT2D eigenvalue weighted by atomic mass is 32.2. The Balaban J connectivity index is 1.91. The molecule has 0 saturated heterocycles. The van der Waals surface area contributed by atoms with Crippen LogP contribution in [0.3, 0.4) is 0 Å². The predicted octanol–water partition coefficient (Wildman–Crippen LogP) is 2.47. The van der Waals surface area contributed by atoms with Crippen LogP contribution >= 0.6 is 0 Å². The highest BCUT2D eigenvalue weighted by Gasteiger charge is 2.27. The molecule has 0 spiro atoms. The summed E-state index contributed by atoms with van der Waals surface area (Å²) < 4.78 is 37.9. The van der Waals surface area contributed by atoms with E-state index in [-0.39, 0.29) is 10.7 Å². The van der Waals surface area contributed by atoms with Crippen molar-refractivity contribution in [2.75, 3.05) is 0 Å². The lowest BCUT2D eigenvalue weighted by Gasteiger charge is -2.10. The fraction of sp³-hybridized carbons (Fsp3) is 0.286. The van der Waals surface area contributed by atoms with E-state index in [0.29, 0.717) is 22.7 Å². The number of oxazole rings is 1. The summed E-state index contributed by atoms with van der Waals surface area (Å²) >= 11 is 0. The monoisotopic (exact) mass is 321 g/mol. The summed E-state index contributed by atoms with van der Waals surface area (Å²) in [5, 5.41) is 3.66. The Morgan fingerprint density at radius 1 is 1.23 bits per heavy atom. The van der Waals surface area contributed by atoms with Gasteiger partial charge in [-0.25, -0.2) is 13.4 Å². The maximum absolute atomic E-state index is 12.5. The number of nitrogens with zero attached hydrogens (tertiary/aromatic N) is 2. The van der Waals surface area contributed by atoms with Gasteiger partial charge in [0.15, 0.2) is 11.3 Å².